The number of aromatic nitrogens is 1. The minimum atomic E-state index is -0.496. The second-order valence-corrected chi connectivity index (χ2v) is 11.4. The molecule has 3 aromatic rings. The fraction of sp³-hybridized carbons (Fsp3) is 0.467. The quantitative estimate of drug-likeness (QED) is 0.385. The Morgan fingerprint density at radius 1 is 1.08 bits per heavy atom. The highest BCUT2D eigenvalue weighted by Crippen LogP contribution is 2.56. The first-order valence-electron chi connectivity index (χ1n) is 13.2. The number of carbonyl (C=O) groups is 1. The Morgan fingerprint density at radius 3 is 2.50 bits per heavy atom. The van der Waals surface area contributed by atoms with Crippen LogP contribution in [0.25, 0.3) is 10.9 Å². The Balaban J connectivity index is 1.26. The molecular weight excluding hydrogens is 485 g/mol. The number of rotatable bonds is 6. The molecule has 7 nitrogen and oxygen atoms in total. The number of likely N-dealkylation sites (tertiary alicyclic amines) is 1. The maximum Gasteiger partial charge on any atom is 0.410 e. The fourth-order valence-electron chi connectivity index (χ4n) is 5.31. The highest BCUT2D eigenvalue weighted by molar-refractivity contribution is 5.86. The summed E-state index contributed by atoms with van der Waals surface area (Å²) < 4.78 is 31.9. The van der Waals surface area contributed by atoms with Crippen LogP contribution in [-0.4, -0.2) is 48.4 Å². The van der Waals surface area contributed by atoms with Gasteiger partial charge >= 0.3 is 6.09 Å². The number of anilines is 1. The molecule has 1 amide bonds. The SMILES string of the molecule is COc1cc2c(C3C[C@H]3c3ccc(N)cc3F)ccnc2cc1OCC1CCN(C(=O)OC(C)(C)C)CC1. The maximum atomic E-state index is 14.5. The molecule has 2 aliphatic rings. The lowest BCUT2D eigenvalue weighted by Gasteiger charge is -2.33. The molecule has 2 aromatic carbocycles. The highest BCUT2D eigenvalue weighted by Gasteiger charge is 2.42. The van der Waals surface area contributed by atoms with Gasteiger partial charge in [-0.15, -0.1) is 0 Å². The van der Waals surface area contributed by atoms with Crippen LogP contribution < -0.4 is 15.2 Å². The standard InChI is InChI=1S/C30H36FN3O4/c1-30(2,3)38-29(35)34-11-8-18(9-12-34)17-37-28-16-26-24(15-27(28)36-4)20(7-10-33-26)22-14-23(22)21-6-5-19(32)13-25(21)31/h5-7,10,13,15-16,18,22-23H,8-9,11-12,14,17,32H2,1-4H3/t22?,23-/m0/s1. The van der Waals surface area contributed by atoms with Gasteiger partial charge in [0.05, 0.1) is 19.2 Å². The molecule has 0 spiro atoms. The third kappa shape index (κ3) is 5.64. The van der Waals surface area contributed by atoms with E-state index in [-0.39, 0.29) is 23.7 Å². The molecule has 0 radical (unpaired) electrons. The van der Waals surface area contributed by atoms with E-state index in [0.717, 1.165) is 35.7 Å². The molecule has 8 heteroatoms. The average Bonchev–Trinajstić information content (AvgIpc) is 3.66. The average molecular weight is 522 g/mol. The van der Waals surface area contributed by atoms with Crippen LogP contribution in [0.4, 0.5) is 14.9 Å². The molecule has 2 fully saturated rings. The summed E-state index contributed by atoms with van der Waals surface area (Å²) in [7, 11) is 1.63. The number of methoxy groups -OCH3 is 1. The normalized spacial score (nSPS) is 19.9. The summed E-state index contributed by atoms with van der Waals surface area (Å²) in [6, 6.07) is 10.9. The third-order valence-corrected chi connectivity index (χ3v) is 7.42. The number of pyridine rings is 1. The molecule has 0 bridgehead atoms. The molecule has 1 aliphatic carbocycles. The van der Waals surface area contributed by atoms with Gasteiger partial charge in [0.2, 0.25) is 0 Å². The van der Waals surface area contributed by atoms with Gasteiger partial charge in [-0.05, 0) is 93.2 Å². The van der Waals surface area contributed by atoms with Crippen molar-refractivity contribution in [3.05, 3.63) is 59.5 Å². The van der Waals surface area contributed by atoms with Crippen LogP contribution in [-0.2, 0) is 4.74 Å². The van der Waals surface area contributed by atoms with E-state index in [0.29, 0.717) is 48.4 Å². The Morgan fingerprint density at radius 2 is 1.82 bits per heavy atom. The largest absolute Gasteiger partial charge is 0.493 e. The van der Waals surface area contributed by atoms with Crippen molar-refractivity contribution < 1.29 is 23.4 Å². The van der Waals surface area contributed by atoms with Crippen molar-refractivity contribution in [3.8, 4) is 11.5 Å². The second-order valence-electron chi connectivity index (χ2n) is 11.4. The molecule has 1 aromatic heterocycles. The zero-order valence-electron chi connectivity index (χ0n) is 22.5. The van der Waals surface area contributed by atoms with E-state index >= 15 is 0 Å². The Labute approximate surface area is 223 Å². The Hall–Kier alpha value is -3.55. The summed E-state index contributed by atoms with van der Waals surface area (Å²) in [5.41, 5.74) is 8.33. The number of ether oxygens (including phenoxy) is 3. The van der Waals surface area contributed by atoms with Crippen LogP contribution in [0, 0.1) is 11.7 Å². The van der Waals surface area contributed by atoms with Gasteiger partial charge in [0, 0.05) is 36.4 Å². The van der Waals surface area contributed by atoms with Crippen molar-refractivity contribution in [2.24, 2.45) is 5.92 Å². The van der Waals surface area contributed by atoms with Crippen LogP contribution in [0.3, 0.4) is 0 Å². The van der Waals surface area contributed by atoms with E-state index in [1.807, 2.05) is 39.0 Å². The van der Waals surface area contributed by atoms with E-state index in [1.54, 1.807) is 30.3 Å². The van der Waals surface area contributed by atoms with Crippen molar-refractivity contribution in [2.45, 2.75) is 57.5 Å². The summed E-state index contributed by atoms with van der Waals surface area (Å²) >= 11 is 0. The first-order valence-corrected chi connectivity index (χ1v) is 13.2. The van der Waals surface area contributed by atoms with E-state index in [1.165, 1.54) is 6.07 Å². The van der Waals surface area contributed by atoms with Crippen LogP contribution in [0.5, 0.6) is 11.5 Å². The van der Waals surface area contributed by atoms with Crippen molar-refractivity contribution in [2.75, 3.05) is 32.5 Å². The molecule has 38 heavy (non-hydrogen) atoms. The molecule has 1 unspecified atom stereocenters. The first-order chi connectivity index (χ1) is 18.1. The number of nitrogens with two attached hydrogens (primary N) is 1. The number of benzene rings is 2. The lowest BCUT2D eigenvalue weighted by Crippen LogP contribution is -2.42. The van der Waals surface area contributed by atoms with Gasteiger partial charge in [0.1, 0.15) is 11.4 Å². The second kappa shape index (κ2) is 10.3. The summed E-state index contributed by atoms with van der Waals surface area (Å²) in [6.45, 7) is 7.47. The van der Waals surface area contributed by atoms with Gasteiger partial charge < -0.3 is 24.8 Å². The van der Waals surface area contributed by atoms with Crippen LogP contribution in [0.1, 0.15) is 63.0 Å². The fourth-order valence-corrected chi connectivity index (χ4v) is 5.31. The molecular formula is C30H36FN3O4. The van der Waals surface area contributed by atoms with Crippen molar-refractivity contribution in [3.63, 3.8) is 0 Å². The van der Waals surface area contributed by atoms with Crippen LogP contribution in [0.2, 0.25) is 0 Å². The topological polar surface area (TPSA) is 86.9 Å². The van der Waals surface area contributed by atoms with E-state index in [2.05, 4.69) is 4.98 Å². The Bertz CT molecular complexity index is 1330. The van der Waals surface area contributed by atoms with Gasteiger partial charge in [-0.25, -0.2) is 9.18 Å². The minimum Gasteiger partial charge on any atom is -0.493 e. The monoisotopic (exact) mass is 521 g/mol. The van der Waals surface area contributed by atoms with Crippen molar-refractivity contribution in [1.29, 1.82) is 0 Å². The van der Waals surface area contributed by atoms with Gasteiger partial charge in [0.15, 0.2) is 11.5 Å². The Kier molecular flexibility index (Phi) is 7.07. The maximum absolute atomic E-state index is 14.5. The van der Waals surface area contributed by atoms with E-state index < -0.39 is 5.60 Å². The zero-order chi connectivity index (χ0) is 27.0. The predicted octanol–water partition coefficient (Wildman–Crippen LogP) is 6.26. The third-order valence-electron chi connectivity index (χ3n) is 7.42. The zero-order valence-corrected chi connectivity index (χ0v) is 22.5. The lowest BCUT2D eigenvalue weighted by molar-refractivity contribution is 0.0164. The summed E-state index contributed by atoms with van der Waals surface area (Å²) in [6.07, 6.45) is 4.12. The molecule has 5 rings (SSSR count). The number of nitrogens with zero attached hydrogens (tertiary/aromatic N) is 2. The van der Waals surface area contributed by atoms with Crippen LogP contribution >= 0.6 is 0 Å². The number of carbonyl (C=O) groups excluding carboxylic acids is 1. The van der Waals surface area contributed by atoms with Gasteiger partial charge in [0.25, 0.3) is 0 Å². The molecule has 2 N–H and O–H groups in total. The van der Waals surface area contributed by atoms with E-state index in [4.69, 9.17) is 19.9 Å². The van der Waals surface area contributed by atoms with Crippen molar-refractivity contribution >= 4 is 22.7 Å². The molecule has 2 atom stereocenters. The summed E-state index contributed by atoms with van der Waals surface area (Å²) in [5, 5.41) is 0.991. The summed E-state index contributed by atoms with van der Waals surface area (Å²) in [5.74, 6) is 1.71. The lowest BCUT2D eigenvalue weighted by atomic mass is 9.98. The first kappa shape index (κ1) is 26.1. The number of halogens is 1. The molecule has 2 heterocycles. The smallest absolute Gasteiger partial charge is 0.410 e. The number of amides is 1. The number of piperidine rings is 1. The van der Waals surface area contributed by atoms with E-state index in [9.17, 15) is 9.18 Å². The van der Waals surface area contributed by atoms with Crippen molar-refractivity contribution in [1.82, 2.24) is 9.88 Å². The highest BCUT2D eigenvalue weighted by atomic mass is 19.1. The van der Waals surface area contributed by atoms with Gasteiger partial charge in [-0.2, -0.15) is 0 Å². The predicted molar refractivity (Wildman–Crippen MR) is 145 cm³/mol. The summed E-state index contributed by atoms with van der Waals surface area (Å²) in [4.78, 5) is 18.7. The molecule has 1 saturated carbocycles. The molecule has 1 aliphatic heterocycles. The van der Waals surface area contributed by atoms with Gasteiger partial charge in [-0.1, -0.05) is 6.07 Å². The molecule has 202 valence electrons. The number of hydrogen-bond acceptors (Lipinski definition) is 6. The number of fused-ring (bicyclic) bond motifs is 1. The van der Waals surface area contributed by atoms with Crippen LogP contribution in [0.15, 0.2) is 42.6 Å². The number of nitrogen functional groups attached to an aromatic ring is 1. The number of hydrogen-bond donors (Lipinski definition) is 1. The van der Waals surface area contributed by atoms with Gasteiger partial charge in [-0.3, -0.25) is 4.98 Å². The minimum absolute atomic E-state index is 0.120. The molecule has 1 saturated heterocycles.